The van der Waals surface area contributed by atoms with Gasteiger partial charge in [0.05, 0.1) is 24.5 Å². The minimum absolute atomic E-state index is 0.0350. The first-order chi connectivity index (χ1) is 13.8. The molecular formula is C21H25N3O5. The van der Waals surface area contributed by atoms with E-state index >= 15 is 0 Å². The van der Waals surface area contributed by atoms with Crippen molar-refractivity contribution in [2.24, 2.45) is 5.92 Å². The van der Waals surface area contributed by atoms with E-state index in [1.54, 1.807) is 14.0 Å². The third-order valence-corrected chi connectivity index (χ3v) is 4.57. The number of rotatable bonds is 9. The van der Waals surface area contributed by atoms with E-state index in [2.05, 4.69) is 0 Å². The fourth-order valence-corrected chi connectivity index (χ4v) is 2.93. The lowest BCUT2D eigenvalue weighted by Gasteiger charge is -2.27. The van der Waals surface area contributed by atoms with Gasteiger partial charge in [0.1, 0.15) is 0 Å². The maximum Gasteiger partial charge on any atom is 0.309 e. The molecule has 2 aromatic rings. The van der Waals surface area contributed by atoms with Gasteiger partial charge in [-0.3, -0.25) is 24.6 Å². The third kappa shape index (κ3) is 6.39. The van der Waals surface area contributed by atoms with Gasteiger partial charge in [0.25, 0.3) is 5.69 Å². The van der Waals surface area contributed by atoms with E-state index in [0.717, 1.165) is 5.56 Å². The number of carbonyl (C=O) groups is 2. The molecule has 0 bridgehead atoms. The van der Waals surface area contributed by atoms with Crippen LogP contribution in [0.3, 0.4) is 0 Å². The normalized spacial score (nSPS) is 11.7. The fraction of sp³-hybridized carbons (Fsp3) is 0.333. The molecule has 0 aliphatic carbocycles. The number of nitrogens with zero attached hydrogens (tertiary/aromatic N) is 3. The van der Waals surface area contributed by atoms with Gasteiger partial charge in [-0.1, -0.05) is 37.3 Å². The summed E-state index contributed by atoms with van der Waals surface area (Å²) in [5.41, 5.74) is 1.55. The van der Waals surface area contributed by atoms with E-state index < -0.39 is 4.92 Å². The first-order valence-electron chi connectivity index (χ1n) is 9.17. The van der Waals surface area contributed by atoms with Gasteiger partial charge in [-0.15, -0.1) is 0 Å². The van der Waals surface area contributed by atoms with Crippen LogP contribution in [0.25, 0.3) is 0 Å². The average Bonchev–Trinajstić information content (AvgIpc) is 2.73. The molecule has 0 aliphatic rings. The summed E-state index contributed by atoms with van der Waals surface area (Å²) in [5, 5.41) is 10.8. The van der Waals surface area contributed by atoms with Gasteiger partial charge in [0.2, 0.25) is 5.91 Å². The minimum atomic E-state index is -0.485. The number of non-ortho nitro benzene ring substituents is 1. The molecule has 0 heterocycles. The highest BCUT2D eigenvalue weighted by Gasteiger charge is 2.22. The van der Waals surface area contributed by atoms with Crippen molar-refractivity contribution in [3.8, 4) is 0 Å². The summed E-state index contributed by atoms with van der Waals surface area (Å²) in [6, 6.07) is 15.5. The molecule has 0 radical (unpaired) electrons. The minimum Gasteiger partial charge on any atom is -0.469 e. The lowest BCUT2D eigenvalue weighted by Crippen LogP contribution is -2.41. The van der Waals surface area contributed by atoms with Gasteiger partial charge in [-0.05, 0) is 17.7 Å². The number of carbonyl (C=O) groups excluding carboxylic acids is 2. The molecule has 29 heavy (non-hydrogen) atoms. The van der Waals surface area contributed by atoms with E-state index in [1.807, 2.05) is 35.2 Å². The number of amides is 1. The van der Waals surface area contributed by atoms with E-state index in [0.29, 0.717) is 18.8 Å². The maximum atomic E-state index is 12.8. The van der Waals surface area contributed by atoms with E-state index in [9.17, 15) is 19.7 Å². The van der Waals surface area contributed by atoms with Crippen LogP contribution >= 0.6 is 0 Å². The van der Waals surface area contributed by atoms with Crippen LogP contribution in [0.2, 0.25) is 0 Å². The Morgan fingerprint density at radius 3 is 2.28 bits per heavy atom. The Morgan fingerprint density at radius 1 is 1.10 bits per heavy atom. The number of ether oxygens (including phenoxy) is 1. The number of nitro groups is 1. The van der Waals surface area contributed by atoms with Crippen molar-refractivity contribution in [1.29, 1.82) is 0 Å². The number of likely N-dealkylation sites (N-methyl/N-ethyl adjacent to an activating group) is 1. The molecule has 0 aromatic heterocycles. The molecule has 0 N–H and O–H groups in total. The van der Waals surface area contributed by atoms with Crippen LogP contribution in [0, 0.1) is 16.0 Å². The Bertz CT molecular complexity index is 839. The molecular weight excluding hydrogens is 374 g/mol. The Balaban J connectivity index is 2.11. The number of methoxy groups -OCH3 is 1. The SMILES string of the molecule is COC(=O)C(C)CN(CC(=O)N(C)c1ccc([N+](=O)[O-])cc1)Cc1ccccc1. The van der Waals surface area contributed by atoms with Crippen molar-refractivity contribution in [2.75, 3.05) is 32.1 Å². The van der Waals surface area contributed by atoms with E-state index in [-0.39, 0.29) is 30.0 Å². The Hall–Kier alpha value is -3.26. The molecule has 0 aliphatic heterocycles. The van der Waals surface area contributed by atoms with Gasteiger partial charge in [0, 0.05) is 38.0 Å². The second-order valence-electron chi connectivity index (χ2n) is 6.81. The Labute approximate surface area is 169 Å². The van der Waals surface area contributed by atoms with Crippen molar-refractivity contribution < 1.29 is 19.2 Å². The summed E-state index contributed by atoms with van der Waals surface area (Å²) >= 11 is 0. The van der Waals surface area contributed by atoms with Gasteiger partial charge < -0.3 is 9.64 Å². The zero-order valence-corrected chi connectivity index (χ0v) is 16.8. The topological polar surface area (TPSA) is 93.0 Å². The van der Waals surface area contributed by atoms with Crippen molar-refractivity contribution >= 4 is 23.3 Å². The molecule has 1 unspecified atom stereocenters. The number of anilines is 1. The monoisotopic (exact) mass is 399 g/mol. The van der Waals surface area contributed by atoms with Crippen LogP contribution in [0.5, 0.6) is 0 Å². The molecule has 1 atom stereocenters. The smallest absolute Gasteiger partial charge is 0.309 e. The summed E-state index contributed by atoms with van der Waals surface area (Å²) in [5.74, 6) is -0.910. The summed E-state index contributed by atoms with van der Waals surface area (Å²) < 4.78 is 4.80. The molecule has 0 saturated heterocycles. The van der Waals surface area contributed by atoms with E-state index in [4.69, 9.17) is 4.74 Å². The second kappa shape index (κ2) is 10.3. The molecule has 2 rings (SSSR count). The van der Waals surface area contributed by atoms with Crippen LogP contribution in [0.15, 0.2) is 54.6 Å². The maximum absolute atomic E-state index is 12.8. The van der Waals surface area contributed by atoms with Crippen molar-refractivity contribution in [3.05, 3.63) is 70.3 Å². The van der Waals surface area contributed by atoms with Crippen molar-refractivity contribution in [1.82, 2.24) is 4.90 Å². The van der Waals surface area contributed by atoms with Gasteiger partial charge in [0.15, 0.2) is 0 Å². The number of benzene rings is 2. The third-order valence-electron chi connectivity index (χ3n) is 4.57. The van der Waals surface area contributed by atoms with Gasteiger partial charge in [-0.2, -0.15) is 0 Å². The number of esters is 1. The second-order valence-corrected chi connectivity index (χ2v) is 6.81. The summed E-state index contributed by atoms with van der Waals surface area (Å²) in [6.07, 6.45) is 0. The van der Waals surface area contributed by atoms with Crippen molar-refractivity contribution in [2.45, 2.75) is 13.5 Å². The largest absolute Gasteiger partial charge is 0.469 e. The lowest BCUT2D eigenvalue weighted by atomic mass is 10.1. The number of nitro benzene ring substituents is 1. The molecule has 2 aromatic carbocycles. The van der Waals surface area contributed by atoms with Crippen LogP contribution in [0.4, 0.5) is 11.4 Å². The highest BCUT2D eigenvalue weighted by molar-refractivity contribution is 5.94. The number of hydrogen-bond acceptors (Lipinski definition) is 6. The quantitative estimate of drug-likeness (QED) is 0.366. The standard InChI is InChI=1S/C21H25N3O5/c1-16(21(26)29-3)13-23(14-17-7-5-4-6-8-17)15-20(25)22(2)18-9-11-19(12-10-18)24(27)28/h4-12,16H,13-15H2,1-3H3. The van der Waals surface area contributed by atoms with Gasteiger partial charge >= 0.3 is 5.97 Å². The number of hydrogen-bond donors (Lipinski definition) is 0. The summed E-state index contributed by atoms with van der Waals surface area (Å²) in [6.45, 7) is 2.71. The first-order valence-corrected chi connectivity index (χ1v) is 9.17. The summed E-state index contributed by atoms with van der Waals surface area (Å²) in [7, 11) is 2.96. The molecule has 8 heteroatoms. The predicted molar refractivity (Wildman–Crippen MR) is 109 cm³/mol. The van der Waals surface area contributed by atoms with Gasteiger partial charge in [-0.25, -0.2) is 0 Å². The Kier molecular flexibility index (Phi) is 7.85. The van der Waals surface area contributed by atoms with Crippen LogP contribution < -0.4 is 4.90 Å². The highest BCUT2D eigenvalue weighted by Crippen LogP contribution is 2.19. The average molecular weight is 399 g/mol. The van der Waals surface area contributed by atoms with Crippen LogP contribution in [-0.4, -0.2) is 48.9 Å². The first kappa shape index (κ1) is 22.0. The molecule has 0 fully saturated rings. The van der Waals surface area contributed by atoms with Crippen LogP contribution in [-0.2, 0) is 20.9 Å². The molecule has 0 spiro atoms. The van der Waals surface area contributed by atoms with Crippen molar-refractivity contribution in [3.63, 3.8) is 0 Å². The molecule has 1 amide bonds. The zero-order chi connectivity index (χ0) is 21.4. The zero-order valence-electron chi connectivity index (χ0n) is 16.8. The fourth-order valence-electron chi connectivity index (χ4n) is 2.93. The van der Waals surface area contributed by atoms with Crippen LogP contribution in [0.1, 0.15) is 12.5 Å². The highest BCUT2D eigenvalue weighted by atomic mass is 16.6. The summed E-state index contributed by atoms with van der Waals surface area (Å²) in [4.78, 5) is 38.3. The molecule has 8 nitrogen and oxygen atoms in total. The predicted octanol–water partition coefficient (Wildman–Crippen LogP) is 2.87. The lowest BCUT2D eigenvalue weighted by molar-refractivity contribution is -0.384. The molecule has 0 saturated carbocycles. The molecule has 154 valence electrons. The van der Waals surface area contributed by atoms with E-state index in [1.165, 1.54) is 36.3 Å². The Morgan fingerprint density at radius 2 is 1.72 bits per heavy atom.